The van der Waals surface area contributed by atoms with Gasteiger partial charge in [0, 0.05) is 11.5 Å². The molecule has 0 aliphatic carbocycles. The van der Waals surface area contributed by atoms with Gasteiger partial charge in [0.15, 0.2) is 0 Å². The molecule has 0 radical (unpaired) electrons. The fourth-order valence-electron chi connectivity index (χ4n) is 3.54. The summed E-state index contributed by atoms with van der Waals surface area (Å²) in [7, 11) is 0. The first-order valence-corrected chi connectivity index (χ1v) is 8.54. The molecule has 0 saturated carbocycles. The van der Waals surface area contributed by atoms with E-state index in [-0.39, 0.29) is 5.41 Å². The van der Waals surface area contributed by atoms with Crippen LogP contribution in [-0.2, 0) is 5.41 Å². The van der Waals surface area contributed by atoms with Crippen LogP contribution in [-0.4, -0.2) is 12.6 Å². The number of hydrogen-bond donors (Lipinski definition) is 1. The summed E-state index contributed by atoms with van der Waals surface area (Å²) < 4.78 is 0. The van der Waals surface area contributed by atoms with Gasteiger partial charge < -0.3 is 5.32 Å². The van der Waals surface area contributed by atoms with Crippen molar-refractivity contribution < 1.29 is 0 Å². The van der Waals surface area contributed by atoms with Crippen LogP contribution in [0, 0.1) is 0 Å². The highest BCUT2D eigenvalue weighted by Gasteiger charge is 2.36. The highest BCUT2D eigenvalue weighted by molar-refractivity contribution is 5.27. The Morgan fingerprint density at radius 1 is 0.950 bits per heavy atom. The highest BCUT2D eigenvalue weighted by atomic mass is 14.9. The minimum Gasteiger partial charge on any atom is -0.313 e. The zero-order valence-corrected chi connectivity index (χ0v) is 13.9. The molecule has 1 aromatic rings. The normalized spacial score (nSPS) is 13.4. The summed E-state index contributed by atoms with van der Waals surface area (Å²) in [5.41, 5.74) is 1.79. The fraction of sp³-hybridized carbons (Fsp3) is 0.684. The third-order valence-corrected chi connectivity index (χ3v) is 4.82. The topological polar surface area (TPSA) is 12.0 Å². The van der Waals surface area contributed by atoms with Crippen LogP contribution in [0.4, 0.5) is 0 Å². The molecule has 1 nitrogen and oxygen atoms in total. The molecule has 0 amide bonds. The first-order valence-electron chi connectivity index (χ1n) is 8.54. The van der Waals surface area contributed by atoms with Crippen molar-refractivity contribution >= 4 is 0 Å². The molecule has 0 aliphatic heterocycles. The average molecular weight is 275 g/mol. The zero-order valence-electron chi connectivity index (χ0n) is 13.9. The van der Waals surface area contributed by atoms with Gasteiger partial charge in [-0.05, 0) is 31.4 Å². The Balaban J connectivity index is 2.99. The summed E-state index contributed by atoms with van der Waals surface area (Å²) in [4.78, 5) is 0. The standard InChI is InChI=1S/C19H33N/c1-5-9-11-16-18(20-8-4)19(6-2,7-3)17-14-12-10-13-15-17/h10,12-15,18,20H,5-9,11,16H2,1-4H3. The lowest BCUT2D eigenvalue weighted by molar-refractivity contribution is 0.256. The molecule has 0 heterocycles. The van der Waals surface area contributed by atoms with Gasteiger partial charge in [0.1, 0.15) is 0 Å². The van der Waals surface area contributed by atoms with Gasteiger partial charge in [-0.15, -0.1) is 0 Å². The van der Waals surface area contributed by atoms with E-state index in [9.17, 15) is 0 Å². The first-order chi connectivity index (χ1) is 9.75. The van der Waals surface area contributed by atoms with E-state index in [0.717, 1.165) is 6.54 Å². The van der Waals surface area contributed by atoms with E-state index >= 15 is 0 Å². The summed E-state index contributed by atoms with van der Waals surface area (Å²) in [6, 6.07) is 11.7. The minimum absolute atomic E-state index is 0.283. The number of benzene rings is 1. The van der Waals surface area contributed by atoms with Crippen molar-refractivity contribution in [1.29, 1.82) is 0 Å². The number of nitrogens with one attached hydrogen (secondary N) is 1. The summed E-state index contributed by atoms with van der Waals surface area (Å²) >= 11 is 0. The van der Waals surface area contributed by atoms with Crippen molar-refractivity contribution in [3.05, 3.63) is 35.9 Å². The molecular weight excluding hydrogens is 242 g/mol. The van der Waals surface area contributed by atoms with Gasteiger partial charge in [0.05, 0.1) is 0 Å². The van der Waals surface area contributed by atoms with Crippen molar-refractivity contribution in [2.24, 2.45) is 0 Å². The van der Waals surface area contributed by atoms with Crippen molar-refractivity contribution in [2.45, 2.75) is 77.7 Å². The molecule has 20 heavy (non-hydrogen) atoms. The molecule has 0 fully saturated rings. The lowest BCUT2D eigenvalue weighted by atomic mass is 9.68. The molecule has 1 atom stereocenters. The Bertz CT molecular complexity index is 340. The van der Waals surface area contributed by atoms with Crippen molar-refractivity contribution in [1.82, 2.24) is 5.32 Å². The van der Waals surface area contributed by atoms with Crippen LogP contribution in [0.1, 0.15) is 71.8 Å². The van der Waals surface area contributed by atoms with Crippen molar-refractivity contribution in [3.8, 4) is 0 Å². The maximum Gasteiger partial charge on any atom is 0.0164 e. The second-order valence-corrected chi connectivity index (χ2v) is 5.84. The Morgan fingerprint density at radius 3 is 2.10 bits per heavy atom. The number of likely N-dealkylation sites (N-methyl/N-ethyl adjacent to an activating group) is 1. The monoisotopic (exact) mass is 275 g/mol. The van der Waals surface area contributed by atoms with E-state index in [2.05, 4.69) is 63.3 Å². The number of rotatable bonds is 10. The molecule has 1 rings (SSSR count). The average Bonchev–Trinajstić information content (AvgIpc) is 2.50. The molecule has 1 N–H and O–H groups in total. The van der Waals surface area contributed by atoms with Crippen LogP contribution >= 0.6 is 0 Å². The maximum atomic E-state index is 3.78. The summed E-state index contributed by atoms with van der Waals surface area (Å²) in [6.45, 7) is 10.3. The van der Waals surface area contributed by atoms with Crippen molar-refractivity contribution in [3.63, 3.8) is 0 Å². The van der Waals surface area contributed by atoms with E-state index in [4.69, 9.17) is 0 Å². The Hall–Kier alpha value is -0.820. The Labute approximate surface area is 126 Å². The Kier molecular flexibility index (Phi) is 7.91. The molecule has 0 aliphatic rings. The molecule has 1 heteroatoms. The SMILES string of the molecule is CCCCCC(NCC)C(CC)(CC)c1ccccc1. The maximum absolute atomic E-state index is 3.78. The zero-order chi connectivity index (χ0) is 14.8. The molecular formula is C19H33N. The predicted octanol–water partition coefficient (Wildman–Crippen LogP) is 5.30. The molecule has 0 aromatic heterocycles. The van der Waals surface area contributed by atoms with Crippen LogP contribution in [0.15, 0.2) is 30.3 Å². The van der Waals surface area contributed by atoms with Gasteiger partial charge in [-0.3, -0.25) is 0 Å². The number of hydrogen-bond acceptors (Lipinski definition) is 1. The summed E-state index contributed by atoms with van der Waals surface area (Å²) in [6.07, 6.45) is 7.69. The van der Waals surface area contributed by atoms with E-state index in [0.29, 0.717) is 6.04 Å². The van der Waals surface area contributed by atoms with E-state index in [1.54, 1.807) is 0 Å². The summed E-state index contributed by atoms with van der Waals surface area (Å²) in [5.74, 6) is 0. The van der Waals surface area contributed by atoms with Crippen molar-refractivity contribution in [2.75, 3.05) is 6.54 Å². The third kappa shape index (κ3) is 4.09. The molecule has 0 spiro atoms. The van der Waals surface area contributed by atoms with Crippen LogP contribution in [0.25, 0.3) is 0 Å². The van der Waals surface area contributed by atoms with Gasteiger partial charge in [-0.25, -0.2) is 0 Å². The summed E-state index contributed by atoms with van der Waals surface area (Å²) in [5, 5.41) is 3.78. The van der Waals surface area contributed by atoms with Gasteiger partial charge in [0.25, 0.3) is 0 Å². The molecule has 1 unspecified atom stereocenters. The number of unbranched alkanes of at least 4 members (excludes halogenated alkanes) is 2. The molecule has 114 valence electrons. The van der Waals surface area contributed by atoms with Crippen LogP contribution in [0.2, 0.25) is 0 Å². The third-order valence-electron chi connectivity index (χ3n) is 4.82. The fourth-order valence-corrected chi connectivity index (χ4v) is 3.54. The Morgan fingerprint density at radius 2 is 1.60 bits per heavy atom. The molecule has 0 bridgehead atoms. The first kappa shape index (κ1) is 17.2. The molecule has 1 aromatic carbocycles. The van der Waals surface area contributed by atoms with E-state index < -0.39 is 0 Å². The van der Waals surface area contributed by atoms with E-state index in [1.165, 1.54) is 44.1 Å². The van der Waals surface area contributed by atoms with Crippen LogP contribution in [0.5, 0.6) is 0 Å². The quantitative estimate of drug-likeness (QED) is 0.571. The minimum atomic E-state index is 0.283. The van der Waals surface area contributed by atoms with Gasteiger partial charge in [-0.2, -0.15) is 0 Å². The largest absolute Gasteiger partial charge is 0.313 e. The van der Waals surface area contributed by atoms with Gasteiger partial charge in [0.2, 0.25) is 0 Å². The van der Waals surface area contributed by atoms with Gasteiger partial charge in [-0.1, -0.05) is 77.3 Å². The van der Waals surface area contributed by atoms with Gasteiger partial charge >= 0.3 is 0 Å². The predicted molar refractivity (Wildman–Crippen MR) is 90.3 cm³/mol. The molecule has 0 saturated heterocycles. The second-order valence-electron chi connectivity index (χ2n) is 5.84. The van der Waals surface area contributed by atoms with Crippen LogP contribution in [0.3, 0.4) is 0 Å². The second kappa shape index (κ2) is 9.18. The smallest absolute Gasteiger partial charge is 0.0164 e. The lowest BCUT2D eigenvalue weighted by Crippen LogP contribution is -2.48. The van der Waals surface area contributed by atoms with E-state index in [1.807, 2.05) is 0 Å². The highest BCUT2D eigenvalue weighted by Crippen LogP contribution is 2.37. The van der Waals surface area contributed by atoms with Crippen LogP contribution < -0.4 is 5.32 Å². The lowest BCUT2D eigenvalue weighted by Gasteiger charge is -2.41.